The lowest BCUT2D eigenvalue weighted by Crippen LogP contribution is -2.54. The molecule has 8 nitrogen and oxygen atoms in total. The third-order valence-electron chi connectivity index (χ3n) is 4.93. The van der Waals surface area contributed by atoms with Crippen molar-refractivity contribution in [2.45, 2.75) is 91.0 Å². The molecule has 0 spiro atoms. The number of carbonyl (C=O) groups excluding carboxylic acids is 3. The molecule has 0 aliphatic heterocycles. The fourth-order valence-corrected chi connectivity index (χ4v) is 3.69. The number of unbranched alkanes of at least 4 members (excludes halogenated alkanes) is 3. The number of amides is 3. The molecule has 0 saturated carbocycles. The maximum atomic E-state index is 13.7. The maximum absolute atomic E-state index is 13.7. The molecule has 1 aromatic rings. The second-order valence-electron chi connectivity index (χ2n) is 9.60. The van der Waals surface area contributed by atoms with Gasteiger partial charge in [-0.1, -0.05) is 44.4 Å². The summed E-state index contributed by atoms with van der Waals surface area (Å²) in [6.07, 6.45) is 2.82. The second kappa shape index (κ2) is 14.1. The monoisotopic (exact) mass is 495 g/mol. The number of benzene rings is 1. The molecule has 0 radical (unpaired) electrons. The molecule has 0 aliphatic carbocycles. The maximum Gasteiger partial charge on any atom is 0.408 e. The molecular weight excluding hydrogens is 454 g/mol. The number of hydrogen-bond acceptors (Lipinski definition) is 6. The van der Waals surface area contributed by atoms with Gasteiger partial charge in [0.05, 0.1) is 0 Å². The van der Waals surface area contributed by atoms with Gasteiger partial charge in [0.1, 0.15) is 23.4 Å². The zero-order valence-electron chi connectivity index (χ0n) is 21.3. The summed E-state index contributed by atoms with van der Waals surface area (Å²) in [4.78, 5) is 40.8. The number of phenols is 1. The van der Waals surface area contributed by atoms with E-state index in [1.54, 1.807) is 39.0 Å². The highest BCUT2D eigenvalue weighted by Gasteiger charge is 2.36. The van der Waals surface area contributed by atoms with Crippen molar-refractivity contribution in [1.82, 2.24) is 15.5 Å². The molecular formula is C25H41N3O5S. The lowest BCUT2D eigenvalue weighted by molar-refractivity contribution is -0.142. The number of ether oxygens (including phenoxy) is 1. The summed E-state index contributed by atoms with van der Waals surface area (Å²) < 4.78 is 5.30. The van der Waals surface area contributed by atoms with Gasteiger partial charge in [-0.05, 0) is 47.1 Å². The van der Waals surface area contributed by atoms with Crippen molar-refractivity contribution in [1.29, 1.82) is 0 Å². The SMILES string of the molecule is CCCCCCN(C(=O)C(CS)NC(=O)OC(C)(C)C)C(C(=O)NC(C)C)c1ccccc1O. The third-order valence-corrected chi connectivity index (χ3v) is 5.29. The summed E-state index contributed by atoms with van der Waals surface area (Å²) in [6.45, 7) is 11.2. The molecule has 1 aromatic carbocycles. The number of hydrogen-bond donors (Lipinski definition) is 4. The molecule has 34 heavy (non-hydrogen) atoms. The molecule has 9 heteroatoms. The Bertz CT molecular complexity index is 810. The minimum Gasteiger partial charge on any atom is -0.508 e. The van der Waals surface area contributed by atoms with E-state index in [-0.39, 0.29) is 24.1 Å². The summed E-state index contributed by atoms with van der Waals surface area (Å²) in [5, 5.41) is 16.0. The van der Waals surface area contributed by atoms with Crippen molar-refractivity contribution in [3.63, 3.8) is 0 Å². The van der Waals surface area contributed by atoms with Crippen LogP contribution in [0.5, 0.6) is 5.75 Å². The van der Waals surface area contributed by atoms with Crippen molar-refractivity contribution in [2.24, 2.45) is 0 Å². The highest BCUT2D eigenvalue weighted by molar-refractivity contribution is 7.80. The Morgan fingerprint density at radius 3 is 2.26 bits per heavy atom. The Morgan fingerprint density at radius 1 is 1.09 bits per heavy atom. The van der Waals surface area contributed by atoms with E-state index in [0.717, 1.165) is 19.3 Å². The van der Waals surface area contributed by atoms with Crippen LogP contribution < -0.4 is 10.6 Å². The van der Waals surface area contributed by atoms with Gasteiger partial charge in [-0.15, -0.1) is 0 Å². The molecule has 0 fully saturated rings. The Labute approximate surface area is 209 Å². The van der Waals surface area contributed by atoms with Gasteiger partial charge in [0.25, 0.3) is 0 Å². The van der Waals surface area contributed by atoms with E-state index >= 15 is 0 Å². The zero-order chi connectivity index (χ0) is 25.9. The minimum absolute atomic E-state index is 0.0167. The molecule has 1 rings (SSSR count). The zero-order valence-corrected chi connectivity index (χ0v) is 22.2. The molecule has 2 unspecified atom stereocenters. The average Bonchev–Trinajstić information content (AvgIpc) is 2.73. The molecule has 0 bridgehead atoms. The van der Waals surface area contributed by atoms with Crippen molar-refractivity contribution < 1.29 is 24.2 Å². The largest absolute Gasteiger partial charge is 0.508 e. The Kier molecular flexibility index (Phi) is 12.3. The first-order valence-corrected chi connectivity index (χ1v) is 12.5. The van der Waals surface area contributed by atoms with Gasteiger partial charge in [-0.3, -0.25) is 9.59 Å². The molecule has 0 saturated heterocycles. The van der Waals surface area contributed by atoms with Gasteiger partial charge in [-0.25, -0.2) is 4.79 Å². The molecule has 0 aliphatic rings. The lowest BCUT2D eigenvalue weighted by atomic mass is 10.0. The standard InChI is InChI=1S/C25H41N3O5S/c1-7-8-9-12-15-28(23(31)19(16-34)27-24(32)33-25(4,5)6)21(22(30)26-17(2)3)18-13-10-11-14-20(18)29/h10-11,13-14,17,19,21,29,34H,7-9,12,15-16H2,1-6H3,(H,26,30)(H,27,32). The molecule has 2 atom stereocenters. The van der Waals surface area contributed by atoms with E-state index in [9.17, 15) is 19.5 Å². The van der Waals surface area contributed by atoms with Gasteiger partial charge in [0.2, 0.25) is 11.8 Å². The van der Waals surface area contributed by atoms with Gasteiger partial charge < -0.3 is 25.4 Å². The number of carbonyl (C=O) groups is 3. The Morgan fingerprint density at radius 2 is 1.74 bits per heavy atom. The second-order valence-corrected chi connectivity index (χ2v) is 9.96. The van der Waals surface area contributed by atoms with Crippen LogP contribution in [0.1, 0.15) is 78.8 Å². The van der Waals surface area contributed by atoms with Gasteiger partial charge in [0, 0.05) is 23.9 Å². The summed E-state index contributed by atoms with van der Waals surface area (Å²) in [7, 11) is 0. The van der Waals surface area contributed by atoms with E-state index < -0.39 is 35.6 Å². The number of thiol groups is 1. The van der Waals surface area contributed by atoms with Crippen LogP contribution in [-0.2, 0) is 14.3 Å². The number of nitrogens with zero attached hydrogens (tertiary/aromatic N) is 1. The number of para-hydroxylation sites is 1. The predicted octanol–water partition coefficient (Wildman–Crippen LogP) is 4.19. The number of alkyl carbamates (subject to hydrolysis) is 1. The van der Waals surface area contributed by atoms with Crippen LogP contribution in [0.25, 0.3) is 0 Å². The van der Waals surface area contributed by atoms with Crippen LogP contribution in [0, 0.1) is 0 Å². The van der Waals surface area contributed by atoms with Crippen LogP contribution >= 0.6 is 12.6 Å². The fourth-order valence-electron chi connectivity index (χ4n) is 3.44. The van der Waals surface area contributed by atoms with E-state index in [1.165, 1.54) is 11.0 Å². The number of aromatic hydroxyl groups is 1. The summed E-state index contributed by atoms with van der Waals surface area (Å²) >= 11 is 4.28. The van der Waals surface area contributed by atoms with Crippen molar-refractivity contribution in [3.05, 3.63) is 29.8 Å². The Balaban J connectivity index is 3.37. The van der Waals surface area contributed by atoms with Crippen molar-refractivity contribution in [2.75, 3.05) is 12.3 Å². The molecule has 0 heterocycles. The van der Waals surface area contributed by atoms with Crippen LogP contribution in [0.15, 0.2) is 24.3 Å². The van der Waals surface area contributed by atoms with E-state index in [4.69, 9.17) is 4.74 Å². The summed E-state index contributed by atoms with van der Waals surface area (Å²) in [5.74, 6) is -0.941. The minimum atomic E-state index is -1.07. The quantitative estimate of drug-likeness (QED) is 0.257. The van der Waals surface area contributed by atoms with E-state index in [0.29, 0.717) is 12.0 Å². The van der Waals surface area contributed by atoms with Crippen molar-refractivity contribution in [3.8, 4) is 5.75 Å². The topological polar surface area (TPSA) is 108 Å². The molecule has 3 amide bonds. The van der Waals surface area contributed by atoms with Gasteiger partial charge in [0.15, 0.2) is 0 Å². The first-order valence-electron chi connectivity index (χ1n) is 11.9. The number of phenolic OH excluding ortho intramolecular Hbond substituents is 1. The summed E-state index contributed by atoms with van der Waals surface area (Å²) in [6, 6.07) is 4.23. The van der Waals surface area contributed by atoms with Crippen molar-refractivity contribution >= 4 is 30.5 Å². The van der Waals surface area contributed by atoms with Crippen LogP contribution in [0.4, 0.5) is 4.79 Å². The smallest absolute Gasteiger partial charge is 0.408 e. The fraction of sp³-hybridized carbons (Fsp3) is 0.640. The van der Waals surface area contributed by atoms with Crippen LogP contribution in [-0.4, -0.2) is 57.9 Å². The third kappa shape index (κ3) is 9.83. The molecule has 192 valence electrons. The number of rotatable bonds is 12. The van der Waals surface area contributed by atoms with E-state index in [1.807, 2.05) is 13.8 Å². The highest BCUT2D eigenvalue weighted by atomic mass is 32.1. The molecule has 3 N–H and O–H groups in total. The molecule has 0 aromatic heterocycles. The summed E-state index contributed by atoms with van der Waals surface area (Å²) in [5.41, 5.74) is -0.413. The predicted molar refractivity (Wildman–Crippen MR) is 137 cm³/mol. The van der Waals surface area contributed by atoms with Gasteiger partial charge >= 0.3 is 6.09 Å². The lowest BCUT2D eigenvalue weighted by Gasteiger charge is -2.34. The highest BCUT2D eigenvalue weighted by Crippen LogP contribution is 2.30. The Hall–Kier alpha value is -2.42. The first kappa shape index (κ1) is 29.6. The van der Waals surface area contributed by atoms with Crippen LogP contribution in [0.2, 0.25) is 0 Å². The first-order chi connectivity index (χ1) is 15.9. The van der Waals surface area contributed by atoms with Gasteiger partial charge in [-0.2, -0.15) is 12.6 Å². The van der Waals surface area contributed by atoms with E-state index in [2.05, 4.69) is 30.2 Å². The normalized spacial score (nSPS) is 13.2. The van der Waals surface area contributed by atoms with Crippen LogP contribution in [0.3, 0.4) is 0 Å². The number of nitrogens with one attached hydrogen (secondary N) is 2. The average molecular weight is 496 g/mol.